The molecule has 6 nitrogen and oxygen atoms in total. The van der Waals surface area contributed by atoms with Crippen molar-refractivity contribution in [2.24, 2.45) is 0 Å². The van der Waals surface area contributed by atoms with Crippen LogP contribution in [0.15, 0.2) is 12.1 Å². The first-order chi connectivity index (χ1) is 8.99. The summed E-state index contributed by atoms with van der Waals surface area (Å²) in [6.45, 7) is 1.16. The quantitative estimate of drug-likeness (QED) is 0.675. The molecule has 0 aliphatic carbocycles. The van der Waals surface area contributed by atoms with Gasteiger partial charge in [0.05, 0.1) is 11.3 Å². The molecule has 7 heteroatoms. The van der Waals surface area contributed by atoms with Crippen molar-refractivity contribution in [1.82, 2.24) is 5.32 Å². The van der Waals surface area contributed by atoms with Crippen LogP contribution in [0, 0.1) is 5.82 Å². The van der Waals surface area contributed by atoms with Crippen LogP contribution < -0.4 is 16.0 Å². The fourth-order valence-corrected chi connectivity index (χ4v) is 2.01. The molecule has 0 bridgehead atoms. The number of carboxylic acids is 1. The second-order valence-corrected chi connectivity index (χ2v) is 4.28. The van der Waals surface area contributed by atoms with Gasteiger partial charge >= 0.3 is 5.97 Å². The summed E-state index contributed by atoms with van der Waals surface area (Å²) in [5.41, 5.74) is 5.37. The molecule has 1 saturated heterocycles. The Labute approximate surface area is 109 Å². The van der Waals surface area contributed by atoms with Crippen molar-refractivity contribution in [2.45, 2.75) is 6.42 Å². The number of anilines is 2. The van der Waals surface area contributed by atoms with Gasteiger partial charge in [0.25, 0.3) is 0 Å². The number of hydrogen-bond acceptors (Lipinski definition) is 4. The fraction of sp³-hybridized carbons (Fsp3) is 0.333. The van der Waals surface area contributed by atoms with Crippen LogP contribution in [0.5, 0.6) is 0 Å². The first-order valence-corrected chi connectivity index (χ1v) is 5.83. The van der Waals surface area contributed by atoms with Crippen LogP contribution >= 0.6 is 0 Å². The maximum Gasteiger partial charge on any atom is 0.337 e. The minimum absolute atomic E-state index is 0.100. The van der Waals surface area contributed by atoms with Crippen molar-refractivity contribution in [3.8, 4) is 0 Å². The molecule has 0 atom stereocenters. The third kappa shape index (κ3) is 2.75. The summed E-state index contributed by atoms with van der Waals surface area (Å²) in [6, 6.07) is 2.21. The highest BCUT2D eigenvalue weighted by Crippen LogP contribution is 2.26. The lowest BCUT2D eigenvalue weighted by atomic mass is 10.1. The molecule has 102 valence electrons. The van der Waals surface area contributed by atoms with E-state index in [1.165, 1.54) is 6.07 Å². The Kier molecular flexibility index (Phi) is 3.55. The second kappa shape index (κ2) is 5.13. The molecule has 1 aromatic carbocycles. The Balaban J connectivity index is 2.35. The summed E-state index contributed by atoms with van der Waals surface area (Å²) in [6.07, 6.45) is 0.242. The number of nitrogens with zero attached hydrogens (tertiary/aromatic N) is 1. The first-order valence-electron chi connectivity index (χ1n) is 5.83. The maximum atomic E-state index is 13.9. The van der Waals surface area contributed by atoms with E-state index in [9.17, 15) is 14.0 Å². The Morgan fingerprint density at radius 2 is 2.16 bits per heavy atom. The number of benzene rings is 1. The van der Waals surface area contributed by atoms with Crippen molar-refractivity contribution in [3.63, 3.8) is 0 Å². The topological polar surface area (TPSA) is 95.7 Å². The lowest BCUT2D eigenvalue weighted by Crippen LogP contribution is -2.29. The molecule has 0 unspecified atom stereocenters. The largest absolute Gasteiger partial charge is 0.478 e. The molecule has 1 aliphatic rings. The molecule has 19 heavy (non-hydrogen) atoms. The number of carbonyl (C=O) groups is 2. The number of hydrogen-bond donors (Lipinski definition) is 3. The van der Waals surface area contributed by atoms with Gasteiger partial charge in [-0.25, -0.2) is 9.18 Å². The number of halogens is 1. The lowest BCUT2D eigenvalue weighted by Gasteiger charge is -2.23. The molecule has 1 heterocycles. The van der Waals surface area contributed by atoms with Crippen molar-refractivity contribution in [2.75, 3.05) is 30.3 Å². The van der Waals surface area contributed by atoms with Crippen molar-refractivity contribution < 1.29 is 19.1 Å². The average molecular weight is 267 g/mol. The average Bonchev–Trinajstić information content (AvgIpc) is 2.54. The zero-order valence-electron chi connectivity index (χ0n) is 10.1. The molecule has 1 aliphatic heterocycles. The SMILES string of the molecule is Nc1cc(F)c(N2CCNC(=O)CC2)cc1C(=O)O. The molecule has 1 amide bonds. The van der Waals surface area contributed by atoms with Crippen molar-refractivity contribution in [3.05, 3.63) is 23.5 Å². The van der Waals surface area contributed by atoms with Crippen LogP contribution in [0.4, 0.5) is 15.8 Å². The Bertz CT molecular complexity index is 533. The normalized spacial score (nSPS) is 15.8. The maximum absolute atomic E-state index is 13.9. The van der Waals surface area contributed by atoms with Crippen LogP contribution in [0.2, 0.25) is 0 Å². The summed E-state index contributed by atoms with van der Waals surface area (Å²) in [7, 11) is 0. The van der Waals surface area contributed by atoms with Gasteiger partial charge in [0, 0.05) is 31.7 Å². The van der Waals surface area contributed by atoms with E-state index in [0.717, 1.165) is 6.07 Å². The van der Waals surface area contributed by atoms with Gasteiger partial charge in [-0.15, -0.1) is 0 Å². The molecule has 0 aromatic heterocycles. The Morgan fingerprint density at radius 3 is 2.84 bits per heavy atom. The third-order valence-corrected chi connectivity index (χ3v) is 3.00. The van der Waals surface area contributed by atoms with E-state index in [2.05, 4.69) is 5.32 Å². The smallest absolute Gasteiger partial charge is 0.337 e. The molecular formula is C12H14FN3O3. The number of nitrogen functional groups attached to an aromatic ring is 1. The second-order valence-electron chi connectivity index (χ2n) is 4.28. The van der Waals surface area contributed by atoms with Gasteiger partial charge in [-0.05, 0) is 12.1 Å². The Hall–Kier alpha value is -2.31. The van der Waals surface area contributed by atoms with Gasteiger partial charge in [-0.3, -0.25) is 4.79 Å². The summed E-state index contributed by atoms with van der Waals surface area (Å²) in [4.78, 5) is 23.9. The monoisotopic (exact) mass is 267 g/mol. The molecule has 0 radical (unpaired) electrons. The minimum atomic E-state index is -1.21. The number of carboxylic acid groups (broad SMARTS) is 1. The predicted molar refractivity (Wildman–Crippen MR) is 67.6 cm³/mol. The van der Waals surface area contributed by atoms with Crippen molar-refractivity contribution in [1.29, 1.82) is 0 Å². The highest BCUT2D eigenvalue weighted by Gasteiger charge is 2.20. The lowest BCUT2D eigenvalue weighted by molar-refractivity contribution is -0.120. The number of rotatable bonds is 2. The summed E-state index contributed by atoms with van der Waals surface area (Å²) >= 11 is 0. The zero-order chi connectivity index (χ0) is 14.0. The third-order valence-electron chi connectivity index (χ3n) is 3.00. The van der Waals surface area contributed by atoms with Crippen LogP contribution in [-0.2, 0) is 4.79 Å². The van der Waals surface area contributed by atoms with Gasteiger partial charge in [0.1, 0.15) is 5.82 Å². The number of amides is 1. The molecule has 0 spiro atoms. The van der Waals surface area contributed by atoms with E-state index in [1.807, 2.05) is 0 Å². The molecular weight excluding hydrogens is 253 g/mol. The van der Waals surface area contributed by atoms with E-state index < -0.39 is 11.8 Å². The van der Waals surface area contributed by atoms with Crippen LogP contribution in [0.25, 0.3) is 0 Å². The van der Waals surface area contributed by atoms with Gasteiger partial charge < -0.3 is 21.1 Å². The van der Waals surface area contributed by atoms with E-state index in [1.54, 1.807) is 4.90 Å². The molecule has 1 aromatic rings. The first kappa shape index (κ1) is 13.1. The van der Waals surface area contributed by atoms with E-state index in [-0.39, 0.29) is 29.3 Å². The Morgan fingerprint density at radius 1 is 1.42 bits per heavy atom. The number of aromatic carboxylic acids is 1. The van der Waals surface area contributed by atoms with E-state index >= 15 is 0 Å². The number of carbonyl (C=O) groups excluding carboxylic acids is 1. The van der Waals surface area contributed by atoms with Gasteiger partial charge in [0.15, 0.2) is 0 Å². The summed E-state index contributed by atoms with van der Waals surface area (Å²) in [5.74, 6) is -1.89. The zero-order valence-corrected chi connectivity index (χ0v) is 10.1. The predicted octanol–water partition coefficient (Wildman–Crippen LogP) is 0.432. The molecule has 1 fully saturated rings. The van der Waals surface area contributed by atoms with Crippen LogP contribution in [-0.4, -0.2) is 36.6 Å². The highest BCUT2D eigenvalue weighted by atomic mass is 19.1. The standard InChI is InChI=1S/C12H14FN3O3/c13-8-6-9(14)7(12(18)19)5-10(8)16-3-1-11(17)15-2-4-16/h5-6H,1-4,14H2,(H,15,17)(H,18,19). The molecule has 0 saturated carbocycles. The summed E-state index contributed by atoms with van der Waals surface area (Å²) < 4.78 is 13.9. The number of nitrogens with one attached hydrogen (secondary N) is 1. The summed E-state index contributed by atoms with van der Waals surface area (Å²) in [5, 5.41) is 11.7. The highest BCUT2D eigenvalue weighted by molar-refractivity contribution is 5.95. The van der Waals surface area contributed by atoms with E-state index in [4.69, 9.17) is 10.8 Å². The van der Waals surface area contributed by atoms with Gasteiger partial charge in [-0.1, -0.05) is 0 Å². The molecule has 2 rings (SSSR count). The van der Waals surface area contributed by atoms with Crippen LogP contribution in [0.1, 0.15) is 16.8 Å². The van der Waals surface area contributed by atoms with Gasteiger partial charge in [-0.2, -0.15) is 0 Å². The number of nitrogens with two attached hydrogens (primary N) is 1. The fourth-order valence-electron chi connectivity index (χ4n) is 2.01. The van der Waals surface area contributed by atoms with Gasteiger partial charge in [0.2, 0.25) is 5.91 Å². The minimum Gasteiger partial charge on any atom is -0.478 e. The molecule has 4 N–H and O–H groups in total. The van der Waals surface area contributed by atoms with E-state index in [0.29, 0.717) is 19.6 Å². The van der Waals surface area contributed by atoms with Crippen molar-refractivity contribution >= 4 is 23.3 Å². The van der Waals surface area contributed by atoms with Crippen LogP contribution in [0.3, 0.4) is 0 Å².